The fourth-order valence-corrected chi connectivity index (χ4v) is 4.28. The third-order valence-electron chi connectivity index (χ3n) is 5.72. The zero-order valence-electron chi connectivity index (χ0n) is 17.4. The molecule has 1 saturated heterocycles. The van der Waals surface area contributed by atoms with E-state index in [1.807, 2.05) is 49.1 Å². The number of benzene rings is 2. The van der Waals surface area contributed by atoms with Crippen molar-refractivity contribution < 1.29 is 14.0 Å². The molecule has 0 aromatic heterocycles. The van der Waals surface area contributed by atoms with Gasteiger partial charge >= 0.3 is 0 Å². The number of halogens is 1. The van der Waals surface area contributed by atoms with Crippen molar-refractivity contribution >= 4 is 11.8 Å². The molecule has 0 saturated carbocycles. The molecule has 2 amide bonds. The zero-order chi connectivity index (χ0) is 21.0. The highest BCUT2D eigenvalue weighted by atomic mass is 19.1. The normalized spacial score (nSPS) is 19.3. The molecule has 1 heterocycles. The minimum absolute atomic E-state index is 0.0325. The first kappa shape index (κ1) is 21.0. The minimum Gasteiger partial charge on any atom is -0.359 e. The van der Waals surface area contributed by atoms with Gasteiger partial charge in [0.2, 0.25) is 11.8 Å². The van der Waals surface area contributed by atoms with Crippen molar-refractivity contribution in [1.29, 1.82) is 0 Å². The Labute approximate surface area is 172 Å². The summed E-state index contributed by atoms with van der Waals surface area (Å²) >= 11 is 0. The Bertz CT molecular complexity index is 896. The number of amides is 2. The molecule has 2 aromatic carbocycles. The van der Waals surface area contributed by atoms with Gasteiger partial charge in [-0.2, -0.15) is 0 Å². The number of nitrogens with zero attached hydrogens (tertiary/aromatic N) is 1. The van der Waals surface area contributed by atoms with Crippen molar-refractivity contribution in [1.82, 2.24) is 10.2 Å². The molecule has 0 unspecified atom stereocenters. The molecule has 0 aliphatic carbocycles. The van der Waals surface area contributed by atoms with E-state index in [0.717, 1.165) is 29.5 Å². The fraction of sp³-hybridized carbons (Fsp3) is 0.417. The summed E-state index contributed by atoms with van der Waals surface area (Å²) in [6, 6.07) is 14.4. The molecule has 0 radical (unpaired) electrons. The van der Waals surface area contributed by atoms with Crippen molar-refractivity contribution in [2.75, 3.05) is 20.1 Å². The lowest BCUT2D eigenvalue weighted by atomic mass is 9.73. The summed E-state index contributed by atoms with van der Waals surface area (Å²) in [4.78, 5) is 27.3. The monoisotopic (exact) mass is 396 g/mol. The van der Waals surface area contributed by atoms with Crippen LogP contribution in [0.3, 0.4) is 0 Å². The molecule has 154 valence electrons. The molecule has 3 rings (SSSR count). The van der Waals surface area contributed by atoms with Crippen LogP contribution >= 0.6 is 0 Å². The van der Waals surface area contributed by atoms with Gasteiger partial charge in [0.05, 0.1) is 5.41 Å². The highest BCUT2D eigenvalue weighted by Gasteiger charge is 2.43. The first-order chi connectivity index (χ1) is 13.8. The minimum atomic E-state index is -0.655. The van der Waals surface area contributed by atoms with Gasteiger partial charge in [0.15, 0.2) is 0 Å². The highest BCUT2D eigenvalue weighted by molar-refractivity contribution is 5.85. The summed E-state index contributed by atoms with van der Waals surface area (Å²) in [7, 11) is 1.65. The number of piperidine rings is 1. The molecule has 1 aliphatic rings. The molecule has 29 heavy (non-hydrogen) atoms. The van der Waals surface area contributed by atoms with Crippen LogP contribution in [0.15, 0.2) is 48.5 Å². The molecule has 1 N–H and O–H groups in total. The fourth-order valence-electron chi connectivity index (χ4n) is 4.28. The van der Waals surface area contributed by atoms with E-state index in [2.05, 4.69) is 5.32 Å². The molecule has 0 spiro atoms. The summed E-state index contributed by atoms with van der Waals surface area (Å²) in [6.07, 6.45) is 2.08. The molecule has 0 bridgehead atoms. The number of likely N-dealkylation sites (tertiary alicyclic amines) is 1. The lowest BCUT2D eigenvalue weighted by Crippen LogP contribution is -2.54. The van der Waals surface area contributed by atoms with E-state index in [9.17, 15) is 14.0 Å². The Hall–Kier alpha value is -2.69. The van der Waals surface area contributed by atoms with E-state index < -0.39 is 5.41 Å². The number of hydrogen-bond acceptors (Lipinski definition) is 2. The van der Waals surface area contributed by atoms with Crippen LogP contribution in [-0.4, -0.2) is 36.9 Å². The Morgan fingerprint density at radius 2 is 1.83 bits per heavy atom. The second-order valence-corrected chi connectivity index (χ2v) is 8.27. The smallest absolute Gasteiger partial charge is 0.228 e. The molecule has 2 aromatic rings. The Kier molecular flexibility index (Phi) is 6.36. The number of rotatable bonds is 5. The van der Waals surface area contributed by atoms with Gasteiger partial charge in [-0.1, -0.05) is 50.2 Å². The van der Waals surface area contributed by atoms with Crippen LogP contribution in [0.1, 0.15) is 32.3 Å². The van der Waals surface area contributed by atoms with Gasteiger partial charge < -0.3 is 10.2 Å². The van der Waals surface area contributed by atoms with E-state index in [1.165, 1.54) is 12.1 Å². The van der Waals surface area contributed by atoms with Gasteiger partial charge in [0.25, 0.3) is 0 Å². The summed E-state index contributed by atoms with van der Waals surface area (Å²) in [5, 5.41) is 2.81. The van der Waals surface area contributed by atoms with Gasteiger partial charge in [0, 0.05) is 26.1 Å². The third-order valence-corrected chi connectivity index (χ3v) is 5.72. The lowest BCUT2D eigenvalue weighted by molar-refractivity contribution is -0.143. The van der Waals surface area contributed by atoms with E-state index in [1.54, 1.807) is 13.1 Å². The van der Waals surface area contributed by atoms with Gasteiger partial charge in [-0.3, -0.25) is 9.59 Å². The van der Waals surface area contributed by atoms with Crippen LogP contribution in [0.2, 0.25) is 0 Å². The summed E-state index contributed by atoms with van der Waals surface area (Å²) in [5.74, 6) is -0.307. The van der Waals surface area contributed by atoms with Crippen molar-refractivity contribution in [3.05, 3.63) is 59.9 Å². The van der Waals surface area contributed by atoms with Gasteiger partial charge in [-0.15, -0.1) is 0 Å². The topological polar surface area (TPSA) is 49.4 Å². The number of hydrogen-bond donors (Lipinski definition) is 1. The predicted molar refractivity (Wildman–Crippen MR) is 113 cm³/mol. The SMILES string of the molecule is CNC(=O)[C@]1(Cc2cccc(-c3cccc(F)c3)c2)CCCN(C(=O)C(C)C)C1. The third kappa shape index (κ3) is 4.66. The Morgan fingerprint density at radius 1 is 1.14 bits per heavy atom. The van der Waals surface area contributed by atoms with Crippen molar-refractivity contribution in [2.24, 2.45) is 11.3 Å². The molecular weight excluding hydrogens is 367 g/mol. The predicted octanol–water partition coefficient (Wildman–Crippen LogP) is 4.05. The Morgan fingerprint density at radius 3 is 2.48 bits per heavy atom. The number of carbonyl (C=O) groups is 2. The summed E-state index contributed by atoms with van der Waals surface area (Å²) in [6.45, 7) is 4.90. The standard InChI is InChI=1S/C24H29FN2O2/c1-17(2)22(28)27-12-6-11-24(16-27,23(29)26-3)15-18-7-4-8-19(13-18)20-9-5-10-21(25)14-20/h4-5,7-10,13-14,17H,6,11-12,15-16H2,1-3H3,(H,26,29)/t24-/m0/s1. The van der Waals surface area contributed by atoms with Crippen LogP contribution in [-0.2, 0) is 16.0 Å². The van der Waals surface area contributed by atoms with E-state index in [0.29, 0.717) is 19.5 Å². The largest absolute Gasteiger partial charge is 0.359 e. The Balaban J connectivity index is 1.90. The second-order valence-electron chi connectivity index (χ2n) is 8.27. The molecule has 5 heteroatoms. The van der Waals surface area contributed by atoms with Crippen molar-refractivity contribution in [2.45, 2.75) is 33.1 Å². The second kappa shape index (κ2) is 8.76. The van der Waals surface area contributed by atoms with E-state index in [4.69, 9.17) is 0 Å². The first-order valence-corrected chi connectivity index (χ1v) is 10.2. The molecule has 1 atom stereocenters. The maximum Gasteiger partial charge on any atom is 0.228 e. The summed E-state index contributed by atoms with van der Waals surface area (Å²) < 4.78 is 13.6. The van der Waals surface area contributed by atoms with Gasteiger partial charge in [0.1, 0.15) is 5.82 Å². The molecule has 1 fully saturated rings. The molecule has 1 aliphatic heterocycles. The van der Waals surface area contributed by atoms with Crippen LogP contribution in [0.4, 0.5) is 4.39 Å². The van der Waals surface area contributed by atoms with Crippen LogP contribution < -0.4 is 5.32 Å². The quantitative estimate of drug-likeness (QED) is 0.829. The van der Waals surface area contributed by atoms with Crippen molar-refractivity contribution in [3.8, 4) is 11.1 Å². The lowest BCUT2D eigenvalue weighted by Gasteiger charge is -2.42. The van der Waals surface area contributed by atoms with E-state index in [-0.39, 0.29) is 23.5 Å². The van der Waals surface area contributed by atoms with E-state index >= 15 is 0 Å². The number of nitrogens with one attached hydrogen (secondary N) is 1. The average Bonchev–Trinajstić information content (AvgIpc) is 2.72. The molecular formula is C24H29FN2O2. The van der Waals surface area contributed by atoms with Crippen LogP contribution in [0.5, 0.6) is 0 Å². The van der Waals surface area contributed by atoms with Gasteiger partial charge in [-0.05, 0) is 48.1 Å². The maximum atomic E-state index is 13.6. The average molecular weight is 397 g/mol. The van der Waals surface area contributed by atoms with Crippen LogP contribution in [0.25, 0.3) is 11.1 Å². The van der Waals surface area contributed by atoms with Crippen LogP contribution in [0, 0.1) is 17.2 Å². The first-order valence-electron chi connectivity index (χ1n) is 10.2. The maximum absolute atomic E-state index is 13.6. The van der Waals surface area contributed by atoms with Gasteiger partial charge in [-0.25, -0.2) is 4.39 Å². The van der Waals surface area contributed by atoms with Crippen molar-refractivity contribution in [3.63, 3.8) is 0 Å². The zero-order valence-corrected chi connectivity index (χ0v) is 17.4. The summed E-state index contributed by atoms with van der Waals surface area (Å²) in [5.41, 5.74) is 2.08. The number of carbonyl (C=O) groups excluding carboxylic acids is 2. The molecule has 4 nitrogen and oxygen atoms in total. The highest BCUT2D eigenvalue weighted by Crippen LogP contribution is 2.35.